The van der Waals surface area contributed by atoms with Crippen molar-refractivity contribution in [2.24, 2.45) is 11.8 Å². The topological polar surface area (TPSA) is 61.4 Å². The number of hydrogen-bond acceptors (Lipinski definition) is 3. The Morgan fingerprint density at radius 3 is 2.16 bits per heavy atom. The highest BCUT2D eigenvalue weighted by Crippen LogP contribution is 2.27. The fraction of sp³-hybridized carbons (Fsp3) is 0.300. The average molecular weight is 335 g/mol. The van der Waals surface area contributed by atoms with E-state index in [0.717, 1.165) is 26.2 Å². The highest BCUT2D eigenvalue weighted by molar-refractivity contribution is 6.04. The molecule has 2 aliphatic heterocycles. The van der Waals surface area contributed by atoms with Crippen molar-refractivity contribution >= 4 is 17.5 Å². The lowest BCUT2D eigenvalue weighted by molar-refractivity contribution is 0.0781. The van der Waals surface area contributed by atoms with Crippen molar-refractivity contribution in [3.05, 3.63) is 65.7 Å². The zero-order chi connectivity index (χ0) is 17.2. The Morgan fingerprint density at radius 1 is 0.880 bits per heavy atom. The third-order valence-corrected chi connectivity index (χ3v) is 5.10. The number of likely N-dealkylation sites (tertiary alicyclic amines) is 1. The maximum absolute atomic E-state index is 12.7. The molecule has 0 bridgehead atoms. The zero-order valence-corrected chi connectivity index (χ0v) is 13.9. The van der Waals surface area contributed by atoms with Gasteiger partial charge in [-0.05, 0) is 48.2 Å². The summed E-state index contributed by atoms with van der Waals surface area (Å²) < 4.78 is 0. The van der Waals surface area contributed by atoms with Gasteiger partial charge < -0.3 is 15.5 Å². The first-order valence-corrected chi connectivity index (χ1v) is 8.67. The molecule has 0 saturated carbocycles. The summed E-state index contributed by atoms with van der Waals surface area (Å²) in [7, 11) is 0. The molecule has 0 unspecified atom stereocenters. The second-order valence-electron chi connectivity index (χ2n) is 6.79. The molecule has 2 aromatic carbocycles. The molecule has 2 heterocycles. The molecule has 4 rings (SSSR count). The maximum Gasteiger partial charge on any atom is 0.255 e. The van der Waals surface area contributed by atoms with Crippen LogP contribution in [0.15, 0.2) is 54.6 Å². The molecule has 25 heavy (non-hydrogen) atoms. The number of benzene rings is 2. The zero-order valence-electron chi connectivity index (χ0n) is 13.9. The molecule has 2 saturated heterocycles. The Morgan fingerprint density at radius 2 is 1.52 bits per heavy atom. The summed E-state index contributed by atoms with van der Waals surface area (Å²) in [5.74, 6) is 1.11. The van der Waals surface area contributed by atoms with Gasteiger partial charge in [-0.1, -0.05) is 18.2 Å². The maximum atomic E-state index is 12.7. The van der Waals surface area contributed by atoms with E-state index in [9.17, 15) is 9.59 Å². The Balaban J connectivity index is 1.40. The molecule has 0 aliphatic carbocycles. The van der Waals surface area contributed by atoms with Gasteiger partial charge in [0, 0.05) is 43.0 Å². The van der Waals surface area contributed by atoms with Crippen LogP contribution in [0.3, 0.4) is 0 Å². The van der Waals surface area contributed by atoms with E-state index in [0.29, 0.717) is 28.7 Å². The number of carbonyl (C=O) groups excluding carboxylic acids is 2. The number of nitrogens with zero attached hydrogens (tertiary/aromatic N) is 1. The SMILES string of the molecule is O=C(Nc1ccc(C(=O)N2C[C@H]3CNC[C@H]3C2)cc1)c1ccccc1. The average Bonchev–Trinajstić information content (AvgIpc) is 3.24. The van der Waals surface area contributed by atoms with E-state index in [1.165, 1.54) is 0 Å². The summed E-state index contributed by atoms with van der Waals surface area (Å²) >= 11 is 0. The van der Waals surface area contributed by atoms with Crippen molar-refractivity contribution in [1.29, 1.82) is 0 Å². The number of fused-ring (bicyclic) bond motifs is 1. The number of anilines is 1. The molecule has 2 N–H and O–H groups in total. The van der Waals surface area contributed by atoms with Crippen LogP contribution in [0.2, 0.25) is 0 Å². The molecule has 0 radical (unpaired) electrons. The van der Waals surface area contributed by atoms with Crippen molar-refractivity contribution < 1.29 is 9.59 Å². The summed E-state index contributed by atoms with van der Waals surface area (Å²) in [4.78, 5) is 26.8. The summed E-state index contributed by atoms with van der Waals surface area (Å²) in [6.07, 6.45) is 0. The molecule has 0 spiro atoms. The summed E-state index contributed by atoms with van der Waals surface area (Å²) in [5, 5.41) is 6.24. The van der Waals surface area contributed by atoms with Gasteiger partial charge in [0.25, 0.3) is 11.8 Å². The van der Waals surface area contributed by atoms with Gasteiger partial charge in [-0.25, -0.2) is 0 Å². The standard InChI is InChI=1S/C20H21N3O2/c24-19(14-4-2-1-3-5-14)22-18-8-6-15(7-9-18)20(25)23-12-16-10-21-11-17(16)13-23/h1-9,16-17,21H,10-13H2,(H,22,24)/t16-,17+. The van der Waals surface area contributed by atoms with Crippen LogP contribution in [0, 0.1) is 11.8 Å². The van der Waals surface area contributed by atoms with Crippen LogP contribution in [-0.2, 0) is 0 Å². The first kappa shape index (κ1) is 15.8. The molecule has 2 atom stereocenters. The van der Waals surface area contributed by atoms with E-state index in [2.05, 4.69) is 10.6 Å². The van der Waals surface area contributed by atoms with Crippen LogP contribution in [-0.4, -0.2) is 42.9 Å². The molecule has 2 aliphatic rings. The molecule has 128 valence electrons. The number of nitrogens with one attached hydrogen (secondary N) is 2. The molecule has 5 nitrogen and oxygen atoms in total. The van der Waals surface area contributed by atoms with Gasteiger partial charge in [-0.15, -0.1) is 0 Å². The molecular weight excluding hydrogens is 314 g/mol. The smallest absolute Gasteiger partial charge is 0.255 e. The van der Waals surface area contributed by atoms with Gasteiger partial charge in [-0.3, -0.25) is 9.59 Å². The van der Waals surface area contributed by atoms with E-state index in [1.54, 1.807) is 36.4 Å². The molecule has 2 fully saturated rings. The number of hydrogen-bond donors (Lipinski definition) is 2. The van der Waals surface area contributed by atoms with Crippen LogP contribution < -0.4 is 10.6 Å². The van der Waals surface area contributed by atoms with Crippen LogP contribution in [0.1, 0.15) is 20.7 Å². The van der Waals surface area contributed by atoms with Crippen molar-refractivity contribution in [2.45, 2.75) is 0 Å². The molecule has 0 aromatic heterocycles. The van der Waals surface area contributed by atoms with E-state index in [4.69, 9.17) is 0 Å². The van der Waals surface area contributed by atoms with E-state index >= 15 is 0 Å². The highest BCUT2D eigenvalue weighted by atomic mass is 16.2. The van der Waals surface area contributed by atoms with Crippen molar-refractivity contribution in [3.8, 4) is 0 Å². The number of rotatable bonds is 3. The molecule has 2 amide bonds. The van der Waals surface area contributed by atoms with Crippen molar-refractivity contribution in [2.75, 3.05) is 31.5 Å². The van der Waals surface area contributed by atoms with E-state index in [1.807, 2.05) is 23.1 Å². The predicted molar refractivity (Wildman–Crippen MR) is 96.6 cm³/mol. The second kappa shape index (κ2) is 6.69. The van der Waals surface area contributed by atoms with Gasteiger partial charge in [0.15, 0.2) is 0 Å². The van der Waals surface area contributed by atoms with Gasteiger partial charge in [0.1, 0.15) is 0 Å². The Bertz CT molecular complexity index is 761. The fourth-order valence-corrected chi connectivity index (χ4v) is 3.69. The molecule has 2 aromatic rings. The summed E-state index contributed by atoms with van der Waals surface area (Å²) in [5.41, 5.74) is 1.97. The molecule has 5 heteroatoms. The monoisotopic (exact) mass is 335 g/mol. The minimum absolute atomic E-state index is 0.0790. The van der Waals surface area contributed by atoms with Crippen LogP contribution in [0.4, 0.5) is 5.69 Å². The minimum atomic E-state index is -0.153. The van der Waals surface area contributed by atoms with E-state index < -0.39 is 0 Å². The second-order valence-corrected chi connectivity index (χ2v) is 6.79. The quantitative estimate of drug-likeness (QED) is 0.904. The summed E-state index contributed by atoms with van der Waals surface area (Å²) in [6.45, 7) is 3.70. The van der Waals surface area contributed by atoms with Crippen molar-refractivity contribution in [1.82, 2.24) is 10.2 Å². The third-order valence-electron chi connectivity index (χ3n) is 5.10. The van der Waals surface area contributed by atoms with Gasteiger partial charge >= 0.3 is 0 Å². The largest absolute Gasteiger partial charge is 0.338 e. The lowest BCUT2D eigenvalue weighted by Crippen LogP contribution is -2.31. The lowest BCUT2D eigenvalue weighted by Gasteiger charge is -2.17. The Kier molecular flexibility index (Phi) is 4.24. The van der Waals surface area contributed by atoms with Crippen molar-refractivity contribution in [3.63, 3.8) is 0 Å². The van der Waals surface area contributed by atoms with E-state index in [-0.39, 0.29) is 11.8 Å². The van der Waals surface area contributed by atoms with Gasteiger partial charge in [0.2, 0.25) is 0 Å². The minimum Gasteiger partial charge on any atom is -0.338 e. The number of amides is 2. The van der Waals surface area contributed by atoms with Gasteiger partial charge in [-0.2, -0.15) is 0 Å². The third kappa shape index (κ3) is 3.28. The fourth-order valence-electron chi connectivity index (χ4n) is 3.69. The van der Waals surface area contributed by atoms with Crippen LogP contribution >= 0.6 is 0 Å². The predicted octanol–water partition coefficient (Wildman–Crippen LogP) is 2.23. The molecular formula is C20H21N3O2. The Labute approximate surface area is 147 Å². The first-order chi connectivity index (χ1) is 12.2. The summed E-state index contributed by atoms with van der Waals surface area (Å²) in [6, 6.07) is 16.2. The Hall–Kier alpha value is -2.66. The lowest BCUT2D eigenvalue weighted by atomic mass is 10.0. The highest BCUT2D eigenvalue weighted by Gasteiger charge is 2.38. The first-order valence-electron chi connectivity index (χ1n) is 8.67. The number of carbonyl (C=O) groups is 2. The van der Waals surface area contributed by atoms with Crippen LogP contribution in [0.25, 0.3) is 0 Å². The normalized spacial score (nSPS) is 21.8. The van der Waals surface area contributed by atoms with Gasteiger partial charge in [0.05, 0.1) is 0 Å². The van der Waals surface area contributed by atoms with Crippen LogP contribution in [0.5, 0.6) is 0 Å².